The van der Waals surface area contributed by atoms with E-state index in [1.165, 1.54) is 11.8 Å². The molecule has 1 aliphatic rings. The highest BCUT2D eigenvalue weighted by Crippen LogP contribution is 2.23. The molecule has 2 aromatic carbocycles. The number of hydrogen-bond donors (Lipinski definition) is 2. The minimum absolute atomic E-state index is 0.0785. The Kier molecular flexibility index (Phi) is 5.31. The number of fused-ring (bicyclic) bond motifs is 1. The lowest BCUT2D eigenvalue weighted by molar-refractivity contribution is -0.147. The molecule has 2 atom stereocenters. The van der Waals surface area contributed by atoms with E-state index in [4.69, 9.17) is 4.74 Å². The molecule has 0 saturated carbocycles. The predicted octanol–water partition coefficient (Wildman–Crippen LogP) is 1.24. The van der Waals surface area contributed by atoms with Crippen LogP contribution < -0.4 is 5.32 Å². The quantitative estimate of drug-likeness (QED) is 0.876. The van der Waals surface area contributed by atoms with Gasteiger partial charge in [0.2, 0.25) is 11.8 Å². The molecule has 0 aromatic heterocycles. The Morgan fingerprint density at radius 2 is 2.04 bits per heavy atom. The van der Waals surface area contributed by atoms with Crippen molar-refractivity contribution in [1.82, 2.24) is 10.2 Å². The van der Waals surface area contributed by atoms with Gasteiger partial charge in [-0.15, -0.1) is 0 Å². The van der Waals surface area contributed by atoms with Crippen LogP contribution in [0, 0.1) is 0 Å². The third-order valence-electron chi connectivity index (χ3n) is 4.49. The Balaban J connectivity index is 1.68. The van der Waals surface area contributed by atoms with Crippen LogP contribution in [0.4, 0.5) is 0 Å². The number of nitrogens with zero attached hydrogens (tertiary/aromatic N) is 1. The van der Waals surface area contributed by atoms with Crippen LogP contribution >= 0.6 is 0 Å². The van der Waals surface area contributed by atoms with Crippen molar-refractivity contribution in [3.63, 3.8) is 0 Å². The average molecular weight is 342 g/mol. The van der Waals surface area contributed by atoms with Crippen LogP contribution in [0.15, 0.2) is 42.5 Å². The molecule has 6 heteroatoms. The number of rotatable bonds is 4. The highest BCUT2D eigenvalue weighted by Gasteiger charge is 2.31. The maximum absolute atomic E-state index is 12.4. The molecule has 1 saturated heterocycles. The number of nitrogens with one attached hydrogen (secondary N) is 1. The number of benzene rings is 2. The van der Waals surface area contributed by atoms with Crippen molar-refractivity contribution in [3.05, 3.63) is 48.0 Å². The summed E-state index contributed by atoms with van der Waals surface area (Å²) in [5.74, 6) is -0.466. The first kappa shape index (κ1) is 17.4. The maximum Gasteiger partial charge on any atom is 0.245 e. The lowest BCUT2D eigenvalue weighted by atomic mass is 10.0. The summed E-state index contributed by atoms with van der Waals surface area (Å²) in [4.78, 5) is 25.6. The summed E-state index contributed by atoms with van der Waals surface area (Å²) in [5, 5.41) is 15.2. The van der Waals surface area contributed by atoms with E-state index in [1.807, 2.05) is 42.5 Å². The first-order valence-corrected chi connectivity index (χ1v) is 8.36. The molecule has 0 bridgehead atoms. The van der Waals surface area contributed by atoms with E-state index >= 15 is 0 Å². The van der Waals surface area contributed by atoms with Gasteiger partial charge in [-0.1, -0.05) is 42.5 Å². The third kappa shape index (κ3) is 3.81. The number of morpholine rings is 1. The zero-order valence-electron chi connectivity index (χ0n) is 14.1. The van der Waals surface area contributed by atoms with Gasteiger partial charge in [0.1, 0.15) is 6.04 Å². The van der Waals surface area contributed by atoms with Crippen molar-refractivity contribution in [2.45, 2.75) is 19.1 Å². The number of carbonyl (C=O) groups is 2. The smallest absolute Gasteiger partial charge is 0.245 e. The van der Waals surface area contributed by atoms with Gasteiger partial charge in [-0.05, 0) is 16.3 Å². The molecule has 25 heavy (non-hydrogen) atoms. The van der Waals surface area contributed by atoms with Crippen LogP contribution in [0.5, 0.6) is 0 Å². The zero-order chi connectivity index (χ0) is 17.8. The second-order valence-corrected chi connectivity index (χ2v) is 6.13. The molecule has 3 rings (SSSR count). The summed E-state index contributed by atoms with van der Waals surface area (Å²) in [6.45, 7) is 2.53. The van der Waals surface area contributed by atoms with Gasteiger partial charge in [0, 0.05) is 20.0 Å². The van der Waals surface area contributed by atoms with Gasteiger partial charge in [0.05, 0.1) is 19.3 Å². The summed E-state index contributed by atoms with van der Waals surface area (Å²) in [7, 11) is 0. The predicted molar refractivity (Wildman–Crippen MR) is 93.9 cm³/mol. The van der Waals surface area contributed by atoms with E-state index in [0.29, 0.717) is 13.2 Å². The summed E-state index contributed by atoms with van der Waals surface area (Å²) >= 11 is 0. The number of ether oxygens (including phenoxy) is 1. The molecule has 2 unspecified atom stereocenters. The summed E-state index contributed by atoms with van der Waals surface area (Å²) < 4.78 is 5.32. The van der Waals surface area contributed by atoms with Crippen LogP contribution in [-0.2, 0) is 14.3 Å². The highest BCUT2D eigenvalue weighted by atomic mass is 16.5. The van der Waals surface area contributed by atoms with E-state index in [0.717, 1.165) is 16.3 Å². The van der Waals surface area contributed by atoms with Crippen LogP contribution in [0.1, 0.15) is 18.6 Å². The van der Waals surface area contributed by atoms with Crippen LogP contribution in [-0.4, -0.2) is 54.2 Å². The fourth-order valence-electron chi connectivity index (χ4n) is 3.16. The minimum Gasteiger partial charge on any atom is -0.387 e. The van der Waals surface area contributed by atoms with Gasteiger partial charge in [0.25, 0.3) is 0 Å². The van der Waals surface area contributed by atoms with Gasteiger partial charge in [0.15, 0.2) is 0 Å². The molecule has 1 heterocycles. The number of aliphatic hydroxyl groups excluding tert-OH is 1. The van der Waals surface area contributed by atoms with Crippen molar-refractivity contribution >= 4 is 22.6 Å². The van der Waals surface area contributed by atoms with Gasteiger partial charge in [-0.25, -0.2) is 0 Å². The molecule has 132 valence electrons. The number of amides is 2. The number of hydrogen-bond acceptors (Lipinski definition) is 4. The SMILES string of the molecule is CC(=O)N1CCOCC1C(=O)NCC(O)c1cccc2ccccc12. The second-order valence-electron chi connectivity index (χ2n) is 6.13. The standard InChI is InChI=1S/C19H22N2O4/c1-13(22)21-9-10-25-12-17(21)19(24)20-11-18(23)16-8-4-6-14-5-2-3-7-15(14)16/h2-8,17-18,23H,9-12H2,1H3,(H,20,24). The Hall–Kier alpha value is -2.44. The summed E-state index contributed by atoms with van der Waals surface area (Å²) in [5.41, 5.74) is 0.765. The monoisotopic (exact) mass is 342 g/mol. The molecule has 2 aromatic rings. The largest absolute Gasteiger partial charge is 0.387 e. The lowest BCUT2D eigenvalue weighted by Gasteiger charge is -2.34. The number of carbonyl (C=O) groups excluding carboxylic acids is 2. The topological polar surface area (TPSA) is 78.9 Å². The molecule has 1 aliphatic heterocycles. The summed E-state index contributed by atoms with van der Waals surface area (Å²) in [6, 6.07) is 12.9. The van der Waals surface area contributed by atoms with Crippen LogP contribution in [0.25, 0.3) is 10.8 Å². The fraction of sp³-hybridized carbons (Fsp3) is 0.368. The van der Waals surface area contributed by atoms with Crippen molar-refractivity contribution in [1.29, 1.82) is 0 Å². The number of aliphatic hydroxyl groups is 1. The Morgan fingerprint density at radius 3 is 2.84 bits per heavy atom. The van der Waals surface area contributed by atoms with Crippen molar-refractivity contribution in [2.75, 3.05) is 26.3 Å². The molecule has 0 aliphatic carbocycles. The van der Waals surface area contributed by atoms with Gasteiger partial charge in [-0.3, -0.25) is 9.59 Å². The molecule has 0 spiro atoms. The Morgan fingerprint density at radius 1 is 1.28 bits per heavy atom. The van der Waals surface area contributed by atoms with Gasteiger partial charge < -0.3 is 20.1 Å². The molecule has 6 nitrogen and oxygen atoms in total. The highest BCUT2D eigenvalue weighted by molar-refractivity contribution is 5.88. The Labute approximate surface area is 146 Å². The lowest BCUT2D eigenvalue weighted by Crippen LogP contribution is -2.55. The van der Waals surface area contributed by atoms with Crippen molar-refractivity contribution < 1.29 is 19.4 Å². The van der Waals surface area contributed by atoms with Crippen molar-refractivity contribution in [3.8, 4) is 0 Å². The molecule has 1 fully saturated rings. The maximum atomic E-state index is 12.4. The fourth-order valence-corrected chi connectivity index (χ4v) is 3.16. The molecular weight excluding hydrogens is 320 g/mol. The van der Waals surface area contributed by atoms with E-state index in [1.54, 1.807) is 0 Å². The first-order chi connectivity index (χ1) is 12.1. The first-order valence-electron chi connectivity index (χ1n) is 8.36. The minimum atomic E-state index is -0.828. The van der Waals surface area contributed by atoms with Crippen molar-refractivity contribution in [2.24, 2.45) is 0 Å². The normalized spacial score (nSPS) is 18.8. The molecular formula is C19H22N2O4. The van der Waals surface area contributed by atoms with Crippen LogP contribution in [0.3, 0.4) is 0 Å². The van der Waals surface area contributed by atoms with Gasteiger partial charge in [-0.2, -0.15) is 0 Å². The Bertz CT molecular complexity index is 772. The average Bonchev–Trinajstić information content (AvgIpc) is 2.65. The molecule has 2 N–H and O–H groups in total. The zero-order valence-corrected chi connectivity index (χ0v) is 14.1. The van der Waals surface area contributed by atoms with Crippen LogP contribution in [0.2, 0.25) is 0 Å². The second kappa shape index (κ2) is 7.63. The third-order valence-corrected chi connectivity index (χ3v) is 4.49. The van der Waals surface area contributed by atoms with E-state index in [9.17, 15) is 14.7 Å². The van der Waals surface area contributed by atoms with Gasteiger partial charge >= 0.3 is 0 Å². The molecule has 2 amide bonds. The van der Waals surface area contributed by atoms with E-state index in [-0.39, 0.29) is 25.0 Å². The summed E-state index contributed by atoms with van der Waals surface area (Å²) in [6.07, 6.45) is -0.828. The molecule has 0 radical (unpaired) electrons. The van der Waals surface area contributed by atoms with E-state index < -0.39 is 12.1 Å². The van der Waals surface area contributed by atoms with E-state index in [2.05, 4.69) is 5.32 Å².